The highest BCUT2D eigenvalue weighted by molar-refractivity contribution is 9.10. The number of unbranched alkanes of at least 4 members (excludes halogenated alkanes) is 11. The topological polar surface area (TPSA) is 92.8 Å². The summed E-state index contributed by atoms with van der Waals surface area (Å²) >= 11 is 3.39. The molecule has 2 atom stereocenters. The quantitative estimate of drug-likeness (QED) is 0.106. The maximum absolute atomic E-state index is 12.3. The monoisotopic (exact) mass is 485 g/mol. The number of phenols is 1. The molecule has 0 spiro atoms. The molecule has 0 saturated carbocycles. The molecule has 0 radical (unpaired) electrons. The lowest BCUT2D eigenvalue weighted by atomic mass is 10.0. The van der Waals surface area contributed by atoms with Crippen LogP contribution in [-0.4, -0.2) is 27.6 Å². The van der Waals surface area contributed by atoms with Crippen LogP contribution in [0.25, 0.3) is 0 Å². The second kappa shape index (κ2) is 16.6. The second-order valence-corrected chi connectivity index (χ2v) is 9.15. The zero-order valence-electron chi connectivity index (χ0n) is 18.5. The van der Waals surface area contributed by atoms with Gasteiger partial charge in [-0.05, 0) is 24.1 Å². The fourth-order valence-electron chi connectivity index (χ4n) is 3.41. The van der Waals surface area contributed by atoms with Crippen molar-refractivity contribution in [2.45, 2.75) is 101 Å². The SMILES string of the molecule is CCCCCCCCCCCCCCC(Br)C(=O)Oc1cc(C(O)CN)ccc1O. The molecular formula is C24H40BrNO4. The summed E-state index contributed by atoms with van der Waals surface area (Å²) in [6, 6.07) is 4.40. The van der Waals surface area contributed by atoms with Gasteiger partial charge < -0.3 is 20.7 Å². The number of rotatable bonds is 17. The van der Waals surface area contributed by atoms with Crippen LogP contribution in [0.15, 0.2) is 18.2 Å². The zero-order chi connectivity index (χ0) is 22.2. The minimum absolute atomic E-state index is 0.0455. The van der Waals surface area contributed by atoms with E-state index in [4.69, 9.17) is 10.5 Å². The highest BCUT2D eigenvalue weighted by Gasteiger charge is 2.19. The molecular weight excluding hydrogens is 446 g/mol. The van der Waals surface area contributed by atoms with Crippen LogP contribution in [0.3, 0.4) is 0 Å². The first kappa shape index (κ1) is 26.9. The van der Waals surface area contributed by atoms with Gasteiger partial charge in [-0.1, -0.05) is 106 Å². The second-order valence-electron chi connectivity index (χ2n) is 8.05. The molecule has 0 aliphatic rings. The van der Waals surface area contributed by atoms with E-state index >= 15 is 0 Å². The minimum Gasteiger partial charge on any atom is -0.504 e. The van der Waals surface area contributed by atoms with Crippen molar-refractivity contribution in [2.75, 3.05) is 6.54 Å². The van der Waals surface area contributed by atoms with Gasteiger partial charge in [0.2, 0.25) is 0 Å². The van der Waals surface area contributed by atoms with Gasteiger partial charge in [0.25, 0.3) is 0 Å². The predicted octanol–water partition coefficient (Wildman–Crippen LogP) is 6.14. The summed E-state index contributed by atoms with van der Waals surface area (Å²) in [6.45, 7) is 2.30. The molecule has 6 heteroatoms. The Kier molecular flexibility index (Phi) is 14.9. The molecule has 1 aromatic carbocycles. The number of carbonyl (C=O) groups is 1. The van der Waals surface area contributed by atoms with Crippen LogP contribution in [0.4, 0.5) is 0 Å². The van der Waals surface area contributed by atoms with Crippen molar-refractivity contribution in [3.05, 3.63) is 23.8 Å². The lowest BCUT2D eigenvalue weighted by molar-refractivity contribution is -0.133. The number of aliphatic hydroxyl groups is 1. The molecule has 0 amide bonds. The molecule has 4 N–H and O–H groups in total. The molecule has 0 aliphatic carbocycles. The van der Waals surface area contributed by atoms with Crippen molar-refractivity contribution >= 4 is 21.9 Å². The van der Waals surface area contributed by atoms with E-state index in [0.29, 0.717) is 12.0 Å². The van der Waals surface area contributed by atoms with E-state index < -0.39 is 16.9 Å². The third-order valence-electron chi connectivity index (χ3n) is 5.37. The van der Waals surface area contributed by atoms with Crippen LogP contribution < -0.4 is 10.5 Å². The zero-order valence-corrected chi connectivity index (χ0v) is 20.0. The fourth-order valence-corrected chi connectivity index (χ4v) is 3.83. The molecule has 1 rings (SSSR count). The van der Waals surface area contributed by atoms with Crippen molar-refractivity contribution in [1.82, 2.24) is 0 Å². The summed E-state index contributed by atoms with van der Waals surface area (Å²) in [6.07, 6.45) is 15.2. The summed E-state index contributed by atoms with van der Waals surface area (Å²) in [5.41, 5.74) is 5.95. The maximum Gasteiger partial charge on any atom is 0.325 e. The third-order valence-corrected chi connectivity index (χ3v) is 6.20. The van der Waals surface area contributed by atoms with Gasteiger partial charge in [0.1, 0.15) is 4.83 Å². The van der Waals surface area contributed by atoms with Gasteiger partial charge in [-0.25, -0.2) is 0 Å². The van der Waals surface area contributed by atoms with E-state index in [1.165, 1.54) is 76.3 Å². The van der Waals surface area contributed by atoms with E-state index in [1.807, 2.05) is 0 Å². The van der Waals surface area contributed by atoms with Gasteiger partial charge in [-0.15, -0.1) is 0 Å². The average molecular weight is 486 g/mol. The Morgan fingerprint density at radius 1 is 1.00 bits per heavy atom. The number of halogens is 1. The van der Waals surface area contributed by atoms with Gasteiger partial charge >= 0.3 is 5.97 Å². The number of aliphatic hydroxyl groups excluding tert-OH is 1. The molecule has 0 bridgehead atoms. The van der Waals surface area contributed by atoms with Crippen molar-refractivity contribution in [3.63, 3.8) is 0 Å². The molecule has 5 nitrogen and oxygen atoms in total. The normalized spacial score (nSPS) is 13.2. The summed E-state index contributed by atoms with van der Waals surface area (Å²) in [5.74, 6) is -0.529. The van der Waals surface area contributed by atoms with E-state index in [2.05, 4.69) is 22.9 Å². The minimum atomic E-state index is -0.858. The Morgan fingerprint density at radius 2 is 1.53 bits per heavy atom. The van der Waals surface area contributed by atoms with Crippen molar-refractivity contribution in [1.29, 1.82) is 0 Å². The Morgan fingerprint density at radius 3 is 2.07 bits per heavy atom. The Labute approximate surface area is 190 Å². The molecule has 2 unspecified atom stereocenters. The average Bonchev–Trinajstić information content (AvgIpc) is 2.75. The van der Waals surface area contributed by atoms with Crippen LogP contribution in [-0.2, 0) is 4.79 Å². The van der Waals surface area contributed by atoms with Crippen LogP contribution in [0.1, 0.15) is 102 Å². The smallest absolute Gasteiger partial charge is 0.325 e. The summed E-state index contributed by atoms with van der Waals surface area (Å²) in [5, 5.41) is 19.7. The van der Waals surface area contributed by atoms with E-state index in [-0.39, 0.29) is 18.0 Å². The number of hydrogen-bond donors (Lipinski definition) is 3. The Bertz CT molecular complexity index is 597. The number of nitrogens with two attached hydrogens (primary N) is 1. The fraction of sp³-hybridized carbons (Fsp3) is 0.708. The molecule has 0 aliphatic heterocycles. The number of benzene rings is 1. The Hall–Kier alpha value is -1.11. The molecule has 172 valence electrons. The van der Waals surface area contributed by atoms with Crippen molar-refractivity contribution < 1.29 is 19.7 Å². The van der Waals surface area contributed by atoms with E-state index in [9.17, 15) is 15.0 Å². The van der Waals surface area contributed by atoms with E-state index in [1.54, 1.807) is 6.07 Å². The molecule has 0 heterocycles. The van der Waals surface area contributed by atoms with Crippen LogP contribution in [0.2, 0.25) is 0 Å². The number of hydrogen-bond acceptors (Lipinski definition) is 5. The number of esters is 1. The number of ether oxygens (including phenoxy) is 1. The van der Waals surface area contributed by atoms with Gasteiger partial charge in [0, 0.05) is 6.54 Å². The number of aromatic hydroxyl groups is 1. The predicted molar refractivity (Wildman–Crippen MR) is 126 cm³/mol. The molecule has 0 saturated heterocycles. The number of alkyl halides is 1. The van der Waals surface area contributed by atoms with Crippen LogP contribution in [0.5, 0.6) is 11.5 Å². The first-order chi connectivity index (χ1) is 14.5. The lowest BCUT2D eigenvalue weighted by Gasteiger charge is -2.13. The van der Waals surface area contributed by atoms with Crippen LogP contribution >= 0.6 is 15.9 Å². The van der Waals surface area contributed by atoms with E-state index in [0.717, 1.165) is 12.8 Å². The summed E-state index contributed by atoms with van der Waals surface area (Å²) in [7, 11) is 0. The van der Waals surface area contributed by atoms with Gasteiger partial charge in [-0.2, -0.15) is 0 Å². The van der Waals surface area contributed by atoms with Gasteiger partial charge in [0.05, 0.1) is 6.10 Å². The van der Waals surface area contributed by atoms with Crippen molar-refractivity contribution in [2.24, 2.45) is 5.73 Å². The third kappa shape index (κ3) is 11.3. The highest BCUT2D eigenvalue weighted by Crippen LogP contribution is 2.30. The molecule has 0 fully saturated rings. The first-order valence-electron chi connectivity index (χ1n) is 11.6. The first-order valence-corrected chi connectivity index (χ1v) is 12.5. The molecule has 30 heavy (non-hydrogen) atoms. The number of phenolic OH excluding ortho intramolecular Hbond substituents is 1. The van der Waals surface area contributed by atoms with Crippen LogP contribution in [0, 0.1) is 0 Å². The molecule has 0 aromatic heterocycles. The summed E-state index contributed by atoms with van der Waals surface area (Å²) in [4.78, 5) is 11.9. The van der Waals surface area contributed by atoms with Crippen molar-refractivity contribution in [3.8, 4) is 11.5 Å². The summed E-state index contributed by atoms with van der Waals surface area (Å²) < 4.78 is 5.31. The Balaban J connectivity index is 2.16. The standard InChI is InChI=1S/C24H40BrNO4/c1-2-3-4-5-6-7-8-9-10-11-12-13-14-20(25)24(29)30-23-17-19(22(28)18-26)15-16-21(23)27/h15-17,20,22,27-28H,2-14,18,26H2,1H3. The number of carbonyl (C=O) groups excluding carboxylic acids is 1. The maximum atomic E-state index is 12.3. The highest BCUT2D eigenvalue weighted by atomic mass is 79.9. The lowest BCUT2D eigenvalue weighted by Crippen LogP contribution is -2.20. The largest absolute Gasteiger partial charge is 0.504 e. The van der Waals surface area contributed by atoms with Gasteiger partial charge in [0.15, 0.2) is 11.5 Å². The van der Waals surface area contributed by atoms with Gasteiger partial charge in [-0.3, -0.25) is 4.79 Å². The molecule has 1 aromatic rings.